The van der Waals surface area contributed by atoms with Crippen LogP contribution in [0.3, 0.4) is 0 Å². The van der Waals surface area contributed by atoms with E-state index in [9.17, 15) is 14.7 Å². The fourth-order valence-electron chi connectivity index (χ4n) is 3.96. The predicted octanol–water partition coefficient (Wildman–Crippen LogP) is 2.39. The summed E-state index contributed by atoms with van der Waals surface area (Å²) >= 11 is 3.35. The van der Waals surface area contributed by atoms with Gasteiger partial charge >= 0.3 is 0 Å². The first-order valence-electron chi connectivity index (χ1n) is 10.2. The highest BCUT2D eigenvalue weighted by atomic mass is 79.9. The number of aromatic nitrogens is 2. The van der Waals surface area contributed by atoms with Crippen LogP contribution >= 0.6 is 15.9 Å². The zero-order valence-corrected chi connectivity index (χ0v) is 19.0. The van der Waals surface area contributed by atoms with E-state index in [0.29, 0.717) is 36.4 Å². The lowest BCUT2D eigenvalue weighted by Crippen LogP contribution is -2.36. The molecule has 1 saturated heterocycles. The summed E-state index contributed by atoms with van der Waals surface area (Å²) in [5, 5.41) is 13.4. The smallest absolute Gasteiger partial charge is 0.295 e. The summed E-state index contributed by atoms with van der Waals surface area (Å²) in [6, 6.07) is 13.1. The van der Waals surface area contributed by atoms with E-state index in [0.717, 1.165) is 4.47 Å². The normalized spacial score (nSPS) is 17.7. The van der Waals surface area contributed by atoms with Crippen LogP contribution in [0.25, 0.3) is 5.76 Å². The molecule has 7 nitrogen and oxygen atoms in total. The number of ether oxygens (including phenoxy) is 1. The zero-order chi connectivity index (χ0) is 22.7. The van der Waals surface area contributed by atoms with Crippen LogP contribution in [0.1, 0.15) is 23.6 Å². The molecule has 1 aromatic heterocycles. The number of halogens is 1. The molecule has 1 aliphatic rings. The van der Waals surface area contributed by atoms with Gasteiger partial charge in [0.1, 0.15) is 18.1 Å². The van der Waals surface area contributed by atoms with Gasteiger partial charge in [0.25, 0.3) is 5.91 Å². The van der Waals surface area contributed by atoms with Gasteiger partial charge < -0.3 is 14.7 Å². The van der Waals surface area contributed by atoms with Crippen molar-refractivity contribution in [3.8, 4) is 5.75 Å². The quantitative estimate of drug-likeness (QED) is 0.236. The number of likely N-dealkylation sites (tertiary alicyclic amines) is 1. The maximum absolute atomic E-state index is 13.4. The van der Waals surface area contributed by atoms with E-state index in [4.69, 9.17) is 4.74 Å². The molecule has 1 aliphatic heterocycles. The Morgan fingerprint density at radius 1 is 1.19 bits per heavy atom. The Morgan fingerprint density at radius 2 is 1.94 bits per heavy atom. The van der Waals surface area contributed by atoms with Gasteiger partial charge in [-0.3, -0.25) is 14.6 Å². The minimum absolute atomic E-state index is 0.0453. The number of nitrogens with one attached hydrogen (secondary N) is 1. The highest BCUT2D eigenvalue weighted by Gasteiger charge is 2.44. The molecule has 1 N–H and O–H groups in total. The number of carbonyl (C=O) groups excluding carboxylic acids is 2. The Bertz CT molecular complexity index is 1160. The van der Waals surface area contributed by atoms with Crippen molar-refractivity contribution in [1.29, 1.82) is 0 Å². The fourth-order valence-corrected chi connectivity index (χ4v) is 4.22. The minimum Gasteiger partial charge on any atom is -0.872 e. The monoisotopic (exact) mass is 495 g/mol. The van der Waals surface area contributed by atoms with Gasteiger partial charge in [-0.05, 0) is 23.8 Å². The first kappa shape index (κ1) is 21.8. The highest BCUT2D eigenvalue weighted by molar-refractivity contribution is 9.10. The van der Waals surface area contributed by atoms with Gasteiger partial charge in [0.15, 0.2) is 0 Å². The number of imidazole rings is 1. The molecule has 32 heavy (non-hydrogen) atoms. The summed E-state index contributed by atoms with van der Waals surface area (Å²) in [6.07, 6.45) is 6.14. The number of Topliss-reactive ketones (excluding diaryl/α,β-unsaturated/α-hetero) is 1. The summed E-state index contributed by atoms with van der Waals surface area (Å²) in [6.45, 7) is 0.985. The lowest BCUT2D eigenvalue weighted by molar-refractivity contribution is -0.695. The summed E-state index contributed by atoms with van der Waals surface area (Å²) in [5.74, 6) is -1.36. The number of carbonyl (C=O) groups is 2. The Labute approximate surface area is 194 Å². The van der Waals surface area contributed by atoms with Gasteiger partial charge in [-0.1, -0.05) is 52.0 Å². The average Bonchev–Trinajstić information content (AvgIpc) is 3.41. The number of benzene rings is 2. The first-order chi connectivity index (χ1) is 15.5. The van der Waals surface area contributed by atoms with E-state index in [1.165, 1.54) is 12.0 Å². The van der Waals surface area contributed by atoms with Crippen LogP contribution in [-0.2, 0) is 16.1 Å². The van der Waals surface area contributed by atoms with Crippen molar-refractivity contribution in [2.45, 2.75) is 19.0 Å². The number of aryl methyl sites for hydroxylation is 1. The van der Waals surface area contributed by atoms with Crippen molar-refractivity contribution in [3.05, 3.63) is 88.4 Å². The number of hydrogen-bond donors (Lipinski definition) is 1. The van der Waals surface area contributed by atoms with Crippen LogP contribution in [-0.4, -0.2) is 35.2 Å². The number of methoxy groups -OCH3 is 1. The molecule has 3 aromatic rings. The number of amides is 1. The molecule has 1 unspecified atom stereocenters. The molecule has 2 aromatic carbocycles. The van der Waals surface area contributed by atoms with Crippen LogP contribution in [0.5, 0.6) is 5.75 Å². The van der Waals surface area contributed by atoms with E-state index in [-0.39, 0.29) is 5.57 Å². The maximum atomic E-state index is 13.4. The molecular weight excluding hydrogens is 474 g/mol. The number of ketones is 1. The minimum atomic E-state index is -0.807. The number of aromatic amines is 1. The Balaban J connectivity index is 1.77. The van der Waals surface area contributed by atoms with E-state index < -0.39 is 23.5 Å². The summed E-state index contributed by atoms with van der Waals surface area (Å²) in [4.78, 5) is 30.5. The molecule has 0 radical (unpaired) electrons. The van der Waals surface area contributed by atoms with Crippen molar-refractivity contribution < 1.29 is 24.0 Å². The molecule has 0 saturated carbocycles. The molecule has 0 aliphatic carbocycles. The van der Waals surface area contributed by atoms with Crippen molar-refractivity contribution in [2.75, 3.05) is 13.7 Å². The van der Waals surface area contributed by atoms with E-state index in [2.05, 4.69) is 20.9 Å². The van der Waals surface area contributed by atoms with Gasteiger partial charge in [-0.2, -0.15) is 0 Å². The third kappa shape index (κ3) is 4.18. The SMILES string of the molecule is COc1ccccc1C1C(=C([O-])c2ccc(Br)cc2)C(=O)C(=O)N1CCC[n+]1cc[nH]c1. The molecule has 0 bridgehead atoms. The molecule has 0 spiro atoms. The van der Waals surface area contributed by atoms with Gasteiger partial charge in [-0.25, -0.2) is 4.57 Å². The molecule has 8 heteroatoms. The highest BCUT2D eigenvalue weighted by Crippen LogP contribution is 2.42. The molecular formula is C24H22BrN3O4. The molecule has 164 valence electrons. The Hall–Kier alpha value is -3.39. The maximum Gasteiger partial charge on any atom is 0.295 e. The number of H-pyrrole nitrogens is 1. The van der Waals surface area contributed by atoms with Gasteiger partial charge in [0.05, 0.1) is 19.7 Å². The van der Waals surface area contributed by atoms with Gasteiger partial charge in [-0.15, -0.1) is 0 Å². The van der Waals surface area contributed by atoms with Gasteiger partial charge in [0.2, 0.25) is 12.1 Å². The van der Waals surface area contributed by atoms with Gasteiger partial charge in [0, 0.05) is 28.6 Å². The molecule has 1 amide bonds. The van der Waals surface area contributed by atoms with Crippen molar-refractivity contribution in [1.82, 2.24) is 9.88 Å². The lowest BCUT2D eigenvalue weighted by Gasteiger charge is -2.28. The number of nitrogens with zero attached hydrogens (tertiary/aromatic N) is 2. The lowest BCUT2D eigenvalue weighted by atomic mass is 9.94. The van der Waals surface area contributed by atoms with Crippen molar-refractivity contribution >= 4 is 33.4 Å². The van der Waals surface area contributed by atoms with E-state index in [1.807, 2.05) is 29.4 Å². The zero-order valence-electron chi connectivity index (χ0n) is 17.5. The summed E-state index contributed by atoms with van der Waals surface area (Å²) < 4.78 is 8.28. The topological polar surface area (TPSA) is 89.3 Å². The number of rotatable bonds is 7. The van der Waals surface area contributed by atoms with E-state index >= 15 is 0 Å². The van der Waals surface area contributed by atoms with Crippen LogP contribution in [0, 0.1) is 0 Å². The average molecular weight is 496 g/mol. The summed E-state index contributed by atoms with van der Waals surface area (Å²) in [7, 11) is 1.53. The molecule has 1 fully saturated rings. The van der Waals surface area contributed by atoms with E-state index in [1.54, 1.807) is 42.5 Å². The number of para-hydroxylation sites is 1. The van der Waals surface area contributed by atoms with Crippen molar-refractivity contribution in [3.63, 3.8) is 0 Å². The standard InChI is InChI=1S/C24H22BrN3O4/c1-32-19-6-3-2-5-18(19)21-20(22(29)16-7-9-17(25)10-8-16)23(30)24(31)28(21)13-4-12-27-14-11-26-15-27/h2-3,5-11,14-15,21H,4,12-13H2,1H3,(H,29,30). The number of hydrogen-bond acceptors (Lipinski definition) is 4. The predicted molar refractivity (Wildman–Crippen MR) is 119 cm³/mol. The fraction of sp³-hybridized carbons (Fsp3) is 0.208. The van der Waals surface area contributed by atoms with Crippen LogP contribution in [0.4, 0.5) is 0 Å². The summed E-state index contributed by atoms with van der Waals surface area (Å²) in [5.41, 5.74) is 0.925. The second-order valence-corrected chi connectivity index (χ2v) is 8.34. The molecule has 4 rings (SSSR count). The Morgan fingerprint density at radius 3 is 2.62 bits per heavy atom. The third-order valence-electron chi connectivity index (χ3n) is 5.49. The third-order valence-corrected chi connectivity index (χ3v) is 6.02. The Kier molecular flexibility index (Phi) is 6.41. The molecule has 2 heterocycles. The second-order valence-electron chi connectivity index (χ2n) is 7.42. The second kappa shape index (κ2) is 9.40. The van der Waals surface area contributed by atoms with Crippen LogP contribution in [0.2, 0.25) is 0 Å². The van der Waals surface area contributed by atoms with Crippen LogP contribution in [0.15, 0.2) is 77.3 Å². The first-order valence-corrected chi connectivity index (χ1v) is 11.0. The largest absolute Gasteiger partial charge is 0.872 e. The van der Waals surface area contributed by atoms with Crippen molar-refractivity contribution in [2.24, 2.45) is 0 Å². The molecule has 1 atom stereocenters. The van der Waals surface area contributed by atoms with Crippen LogP contribution < -0.4 is 14.4 Å².